The smallest absolute Gasteiger partial charge is 0.135 e. The number of ketones is 1. The van der Waals surface area contributed by atoms with Crippen LogP contribution in [0.25, 0.3) is 0 Å². The first kappa shape index (κ1) is 10.2. The van der Waals surface area contributed by atoms with Crippen LogP contribution in [0.1, 0.15) is 46.0 Å². The summed E-state index contributed by atoms with van der Waals surface area (Å²) in [4.78, 5) is 11.7. The van der Waals surface area contributed by atoms with Crippen LogP contribution >= 0.6 is 0 Å². The first-order valence-corrected chi connectivity index (χ1v) is 5.89. The minimum Gasteiger partial charge on any atom is -0.370 e. The van der Waals surface area contributed by atoms with E-state index < -0.39 is 0 Å². The van der Waals surface area contributed by atoms with E-state index in [2.05, 4.69) is 6.92 Å². The molecule has 0 aromatic carbocycles. The summed E-state index contributed by atoms with van der Waals surface area (Å²) in [6, 6.07) is 0. The lowest BCUT2D eigenvalue weighted by Gasteiger charge is -2.19. The molecule has 0 aromatic rings. The highest BCUT2D eigenvalue weighted by Crippen LogP contribution is 2.40. The van der Waals surface area contributed by atoms with E-state index in [1.807, 2.05) is 6.92 Å². The van der Waals surface area contributed by atoms with Gasteiger partial charge < -0.3 is 4.74 Å². The van der Waals surface area contributed by atoms with Gasteiger partial charge in [-0.3, -0.25) is 4.79 Å². The van der Waals surface area contributed by atoms with Crippen molar-refractivity contribution in [1.82, 2.24) is 0 Å². The van der Waals surface area contributed by atoms with Crippen LogP contribution in [0.2, 0.25) is 0 Å². The van der Waals surface area contributed by atoms with Crippen molar-refractivity contribution >= 4 is 5.78 Å². The molecule has 4 unspecified atom stereocenters. The van der Waals surface area contributed by atoms with Crippen molar-refractivity contribution in [3.63, 3.8) is 0 Å². The molecule has 4 atom stereocenters. The molecule has 0 N–H and O–H groups in total. The predicted molar refractivity (Wildman–Crippen MR) is 55.1 cm³/mol. The molecule has 1 saturated carbocycles. The maximum Gasteiger partial charge on any atom is 0.135 e. The lowest BCUT2D eigenvalue weighted by Crippen LogP contribution is -2.20. The van der Waals surface area contributed by atoms with Gasteiger partial charge in [0.15, 0.2) is 0 Å². The summed E-state index contributed by atoms with van der Waals surface area (Å²) in [5.41, 5.74) is 0. The van der Waals surface area contributed by atoms with Crippen molar-refractivity contribution < 1.29 is 9.53 Å². The van der Waals surface area contributed by atoms with Crippen LogP contribution < -0.4 is 0 Å². The minimum atomic E-state index is 0.257. The van der Waals surface area contributed by atoms with Crippen LogP contribution in [0.5, 0.6) is 0 Å². The highest BCUT2D eigenvalue weighted by atomic mass is 16.6. The Bertz CT molecular complexity index is 224. The Morgan fingerprint density at radius 3 is 2.86 bits per heavy atom. The fraction of sp³-hybridized carbons (Fsp3) is 0.917. The van der Waals surface area contributed by atoms with Gasteiger partial charge in [0, 0.05) is 12.3 Å². The topological polar surface area (TPSA) is 29.6 Å². The van der Waals surface area contributed by atoms with E-state index in [9.17, 15) is 4.79 Å². The van der Waals surface area contributed by atoms with Gasteiger partial charge in [0.1, 0.15) is 5.78 Å². The summed E-state index contributed by atoms with van der Waals surface area (Å²) in [6.07, 6.45) is 6.36. The van der Waals surface area contributed by atoms with E-state index in [4.69, 9.17) is 4.74 Å². The van der Waals surface area contributed by atoms with Crippen LogP contribution in [-0.2, 0) is 9.53 Å². The van der Waals surface area contributed by atoms with Crippen molar-refractivity contribution in [3.05, 3.63) is 0 Å². The van der Waals surface area contributed by atoms with Crippen LogP contribution in [0.3, 0.4) is 0 Å². The number of epoxide rings is 1. The third-order valence-electron chi connectivity index (χ3n) is 3.76. The fourth-order valence-electron chi connectivity index (χ4n) is 2.39. The Balaban J connectivity index is 1.76. The lowest BCUT2D eigenvalue weighted by atomic mass is 9.83. The third-order valence-corrected chi connectivity index (χ3v) is 3.76. The predicted octanol–water partition coefficient (Wildman–Crippen LogP) is 2.56. The zero-order valence-electron chi connectivity index (χ0n) is 9.16. The SMILES string of the molecule is CCC(C)C(=O)CC1CCC2OC2C1. The molecule has 2 aliphatic rings. The molecule has 1 aliphatic carbocycles. The summed E-state index contributed by atoms with van der Waals surface area (Å²) in [5, 5.41) is 0. The zero-order chi connectivity index (χ0) is 10.1. The number of rotatable bonds is 4. The average molecular weight is 196 g/mol. The summed E-state index contributed by atoms with van der Waals surface area (Å²) >= 11 is 0. The first-order chi connectivity index (χ1) is 6.70. The van der Waals surface area contributed by atoms with E-state index in [-0.39, 0.29) is 5.92 Å². The Morgan fingerprint density at radius 1 is 1.43 bits per heavy atom. The van der Waals surface area contributed by atoms with Crippen molar-refractivity contribution in [1.29, 1.82) is 0 Å². The van der Waals surface area contributed by atoms with Crippen LogP contribution in [-0.4, -0.2) is 18.0 Å². The number of Topliss-reactive ketones (excluding diaryl/α,β-unsaturated/α-hetero) is 1. The molecule has 2 rings (SSSR count). The first-order valence-electron chi connectivity index (χ1n) is 5.89. The number of fused-ring (bicyclic) bond motifs is 1. The van der Waals surface area contributed by atoms with E-state index in [0.717, 1.165) is 19.3 Å². The summed E-state index contributed by atoms with van der Waals surface area (Å²) in [7, 11) is 0. The van der Waals surface area contributed by atoms with E-state index in [0.29, 0.717) is 23.9 Å². The molecular weight excluding hydrogens is 176 g/mol. The molecule has 14 heavy (non-hydrogen) atoms. The minimum absolute atomic E-state index is 0.257. The molecular formula is C12H20O2. The molecule has 1 heterocycles. The van der Waals surface area contributed by atoms with Gasteiger partial charge in [-0.1, -0.05) is 13.8 Å². The lowest BCUT2D eigenvalue weighted by molar-refractivity contribution is -0.123. The molecule has 0 aromatic heterocycles. The largest absolute Gasteiger partial charge is 0.370 e. The molecule has 0 spiro atoms. The second kappa shape index (κ2) is 4.01. The molecule has 2 heteroatoms. The molecule has 2 nitrogen and oxygen atoms in total. The Kier molecular flexibility index (Phi) is 2.91. The molecule has 0 bridgehead atoms. The normalized spacial score (nSPS) is 37.4. The molecule has 0 amide bonds. The molecule has 2 fully saturated rings. The van der Waals surface area contributed by atoms with E-state index >= 15 is 0 Å². The quantitative estimate of drug-likeness (QED) is 0.647. The number of carbonyl (C=O) groups excluding carboxylic acids is 1. The highest BCUT2D eigenvalue weighted by molar-refractivity contribution is 5.80. The summed E-state index contributed by atoms with van der Waals surface area (Å²) in [5.74, 6) is 1.32. The second-order valence-corrected chi connectivity index (χ2v) is 4.87. The molecule has 1 saturated heterocycles. The number of carbonyl (C=O) groups is 1. The standard InChI is InChI=1S/C12H20O2/c1-3-8(2)10(13)6-9-4-5-11-12(7-9)14-11/h8-9,11-12H,3-7H2,1-2H3. The summed E-state index contributed by atoms with van der Waals surface area (Å²) < 4.78 is 5.47. The number of ether oxygens (including phenoxy) is 1. The van der Waals surface area contributed by atoms with Crippen molar-refractivity contribution in [2.75, 3.05) is 0 Å². The van der Waals surface area contributed by atoms with Gasteiger partial charge in [-0.25, -0.2) is 0 Å². The Hall–Kier alpha value is -0.370. The highest BCUT2D eigenvalue weighted by Gasteiger charge is 2.44. The van der Waals surface area contributed by atoms with Gasteiger partial charge in [0.25, 0.3) is 0 Å². The van der Waals surface area contributed by atoms with Gasteiger partial charge in [-0.05, 0) is 31.6 Å². The van der Waals surface area contributed by atoms with Crippen LogP contribution in [0, 0.1) is 11.8 Å². The van der Waals surface area contributed by atoms with Gasteiger partial charge >= 0.3 is 0 Å². The molecule has 0 radical (unpaired) electrons. The monoisotopic (exact) mass is 196 g/mol. The van der Waals surface area contributed by atoms with Crippen molar-refractivity contribution in [2.45, 2.75) is 58.2 Å². The van der Waals surface area contributed by atoms with Gasteiger partial charge in [0.2, 0.25) is 0 Å². The zero-order valence-corrected chi connectivity index (χ0v) is 9.16. The maximum atomic E-state index is 11.7. The van der Waals surface area contributed by atoms with E-state index in [1.165, 1.54) is 12.8 Å². The maximum absolute atomic E-state index is 11.7. The van der Waals surface area contributed by atoms with Crippen LogP contribution in [0.15, 0.2) is 0 Å². The Labute approximate surface area is 86.0 Å². The third kappa shape index (κ3) is 2.17. The van der Waals surface area contributed by atoms with Gasteiger partial charge in [-0.15, -0.1) is 0 Å². The van der Waals surface area contributed by atoms with Gasteiger partial charge in [-0.2, -0.15) is 0 Å². The number of hydrogen-bond acceptors (Lipinski definition) is 2. The molecule has 80 valence electrons. The van der Waals surface area contributed by atoms with Crippen molar-refractivity contribution in [2.24, 2.45) is 11.8 Å². The average Bonchev–Trinajstić information content (AvgIpc) is 2.94. The second-order valence-electron chi connectivity index (χ2n) is 4.87. The van der Waals surface area contributed by atoms with Gasteiger partial charge in [0.05, 0.1) is 12.2 Å². The molecule has 1 aliphatic heterocycles. The summed E-state index contributed by atoms with van der Waals surface area (Å²) in [6.45, 7) is 4.13. The number of hydrogen-bond donors (Lipinski definition) is 0. The van der Waals surface area contributed by atoms with E-state index in [1.54, 1.807) is 0 Å². The van der Waals surface area contributed by atoms with Crippen LogP contribution in [0.4, 0.5) is 0 Å². The Morgan fingerprint density at radius 2 is 2.21 bits per heavy atom. The van der Waals surface area contributed by atoms with Crippen molar-refractivity contribution in [3.8, 4) is 0 Å². The fourth-order valence-corrected chi connectivity index (χ4v) is 2.39.